The Balaban J connectivity index is 2.37. The van der Waals surface area contributed by atoms with Gasteiger partial charge in [-0.2, -0.15) is 9.97 Å². The van der Waals surface area contributed by atoms with Crippen molar-refractivity contribution >= 4 is 23.3 Å². The second kappa shape index (κ2) is 4.79. The number of rotatable bonds is 3. The highest BCUT2D eigenvalue weighted by atomic mass is 16.5. The van der Waals surface area contributed by atoms with Gasteiger partial charge < -0.3 is 21.1 Å². The molecule has 4 N–H and O–H groups in total. The first-order chi connectivity index (χ1) is 8.60. The summed E-state index contributed by atoms with van der Waals surface area (Å²) in [5.41, 5.74) is 12.1. The lowest BCUT2D eigenvalue weighted by molar-refractivity contribution is 0.415. The lowest BCUT2D eigenvalue weighted by Crippen LogP contribution is -2.13. The molecule has 94 valence electrons. The molecule has 18 heavy (non-hydrogen) atoms. The van der Waals surface area contributed by atoms with Crippen LogP contribution in [0.2, 0.25) is 0 Å². The Morgan fingerprint density at radius 2 is 1.94 bits per heavy atom. The minimum absolute atomic E-state index is 0.153. The third-order valence-corrected chi connectivity index (χ3v) is 2.53. The standard InChI is InChI=1S/C12H15N5O/c1-17(8-4-3-5-9(6-8)18-2)11-7-10(13)15-12(14)16-11/h3-7H,1-2H3,(H4,13,14,15,16). The van der Waals surface area contributed by atoms with Crippen molar-refractivity contribution in [1.29, 1.82) is 0 Å². The van der Waals surface area contributed by atoms with Gasteiger partial charge in [0, 0.05) is 24.9 Å². The maximum absolute atomic E-state index is 5.65. The van der Waals surface area contributed by atoms with Crippen LogP contribution in [0.3, 0.4) is 0 Å². The van der Waals surface area contributed by atoms with Gasteiger partial charge in [0.2, 0.25) is 5.95 Å². The number of benzene rings is 1. The van der Waals surface area contributed by atoms with Crippen molar-refractivity contribution in [1.82, 2.24) is 9.97 Å². The van der Waals surface area contributed by atoms with Crippen molar-refractivity contribution in [3.8, 4) is 5.75 Å². The number of ether oxygens (including phenoxy) is 1. The molecule has 0 aliphatic carbocycles. The fourth-order valence-electron chi connectivity index (χ4n) is 1.59. The van der Waals surface area contributed by atoms with Gasteiger partial charge in [-0.3, -0.25) is 0 Å². The average molecular weight is 245 g/mol. The average Bonchev–Trinajstić information content (AvgIpc) is 2.37. The molecular weight excluding hydrogens is 230 g/mol. The molecule has 1 aromatic carbocycles. The van der Waals surface area contributed by atoms with Gasteiger partial charge in [0.1, 0.15) is 17.4 Å². The normalized spacial score (nSPS) is 10.1. The predicted octanol–water partition coefficient (Wildman–Crippen LogP) is 1.42. The molecule has 0 saturated carbocycles. The highest BCUT2D eigenvalue weighted by Gasteiger charge is 2.08. The lowest BCUT2D eigenvalue weighted by atomic mass is 10.3. The van der Waals surface area contributed by atoms with Crippen LogP contribution in [0.4, 0.5) is 23.3 Å². The molecule has 0 amide bonds. The quantitative estimate of drug-likeness (QED) is 0.849. The molecule has 1 aromatic heterocycles. The van der Waals surface area contributed by atoms with Crippen molar-refractivity contribution in [3.63, 3.8) is 0 Å². The fraction of sp³-hybridized carbons (Fsp3) is 0.167. The van der Waals surface area contributed by atoms with Crippen molar-refractivity contribution in [2.75, 3.05) is 30.5 Å². The minimum atomic E-state index is 0.153. The van der Waals surface area contributed by atoms with E-state index in [0.29, 0.717) is 11.6 Å². The zero-order valence-electron chi connectivity index (χ0n) is 10.3. The summed E-state index contributed by atoms with van der Waals surface area (Å²) in [5.74, 6) is 1.90. The molecule has 2 rings (SSSR count). The molecule has 0 atom stereocenters. The number of hydrogen-bond acceptors (Lipinski definition) is 6. The van der Waals surface area contributed by atoms with Crippen molar-refractivity contribution in [3.05, 3.63) is 30.3 Å². The lowest BCUT2D eigenvalue weighted by Gasteiger charge is -2.19. The van der Waals surface area contributed by atoms with E-state index in [2.05, 4.69) is 9.97 Å². The van der Waals surface area contributed by atoms with E-state index in [9.17, 15) is 0 Å². The van der Waals surface area contributed by atoms with Crippen LogP contribution in [0.1, 0.15) is 0 Å². The molecule has 0 unspecified atom stereocenters. The van der Waals surface area contributed by atoms with Crippen LogP contribution < -0.4 is 21.1 Å². The van der Waals surface area contributed by atoms with Gasteiger partial charge in [-0.1, -0.05) is 6.07 Å². The molecule has 6 nitrogen and oxygen atoms in total. The first-order valence-electron chi connectivity index (χ1n) is 5.38. The number of nitrogen functional groups attached to an aromatic ring is 2. The van der Waals surface area contributed by atoms with E-state index < -0.39 is 0 Å². The van der Waals surface area contributed by atoms with Crippen molar-refractivity contribution < 1.29 is 4.74 Å². The maximum atomic E-state index is 5.65. The van der Waals surface area contributed by atoms with E-state index in [0.717, 1.165) is 11.4 Å². The van der Waals surface area contributed by atoms with Crippen LogP contribution in [0.15, 0.2) is 30.3 Å². The molecule has 6 heteroatoms. The van der Waals surface area contributed by atoms with Crippen molar-refractivity contribution in [2.24, 2.45) is 0 Å². The second-order valence-corrected chi connectivity index (χ2v) is 3.77. The number of nitrogens with zero attached hydrogens (tertiary/aromatic N) is 3. The van der Waals surface area contributed by atoms with E-state index in [1.54, 1.807) is 13.2 Å². The van der Waals surface area contributed by atoms with Gasteiger partial charge in [0.05, 0.1) is 7.11 Å². The molecule has 0 aliphatic heterocycles. The number of anilines is 4. The van der Waals surface area contributed by atoms with Crippen LogP contribution in [0.25, 0.3) is 0 Å². The summed E-state index contributed by atoms with van der Waals surface area (Å²) in [4.78, 5) is 9.83. The zero-order chi connectivity index (χ0) is 13.1. The highest BCUT2D eigenvalue weighted by molar-refractivity contribution is 5.63. The molecule has 0 bridgehead atoms. The van der Waals surface area contributed by atoms with E-state index in [-0.39, 0.29) is 5.95 Å². The van der Waals surface area contributed by atoms with E-state index in [1.807, 2.05) is 36.2 Å². The van der Waals surface area contributed by atoms with Crippen LogP contribution in [0.5, 0.6) is 5.75 Å². The molecule has 1 heterocycles. The molecular formula is C12H15N5O. The van der Waals surface area contributed by atoms with Gasteiger partial charge in [-0.05, 0) is 12.1 Å². The summed E-state index contributed by atoms with van der Waals surface area (Å²) >= 11 is 0. The second-order valence-electron chi connectivity index (χ2n) is 3.77. The Labute approximate surface area is 105 Å². The minimum Gasteiger partial charge on any atom is -0.497 e. The summed E-state index contributed by atoms with van der Waals surface area (Å²) in [6, 6.07) is 9.28. The largest absolute Gasteiger partial charge is 0.497 e. The topological polar surface area (TPSA) is 90.3 Å². The maximum Gasteiger partial charge on any atom is 0.223 e. The van der Waals surface area contributed by atoms with Gasteiger partial charge in [-0.15, -0.1) is 0 Å². The SMILES string of the molecule is COc1cccc(N(C)c2cc(N)nc(N)n2)c1. The highest BCUT2D eigenvalue weighted by Crippen LogP contribution is 2.26. The number of methoxy groups -OCH3 is 1. The molecule has 0 aliphatic rings. The van der Waals surface area contributed by atoms with Crippen molar-refractivity contribution in [2.45, 2.75) is 0 Å². The Kier molecular flexibility index (Phi) is 3.18. The van der Waals surface area contributed by atoms with Crippen LogP contribution in [-0.4, -0.2) is 24.1 Å². The Hall–Kier alpha value is -2.50. The number of hydrogen-bond donors (Lipinski definition) is 2. The van der Waals surface area contributed by atoms with Gasteiger partial charge >= 0.3 is 0 Å². The number of aromatic nitrogens is 2. The predicted molar refractivity (Wildman–Crippen MR) is 71.9 cm³/mol. The first kappa shape index (κ1) is 12.0. The summed E-state index contributed by atoms with van der Waals surface area (Å²) < 4.78 is 5.18. The summed E-state index contributed by atoms with van der Waals surface area (Å²) in [6.07, 6.45) is 0. The van der Waals surface area contributed by atoms with E-state index in [1.165, 1.54) is 0 Å². The zero-order valence-corrected chi connectivity index (χ0v) is 10.3. The molecule has 0 radical (unpaired) electrons. The monoisotopic (exact) mass is 245 g/mol. The first-order valence-corrected chi connectivity index (χ1v) is 5.38. The van der Waals surface area contributed by atoms with Gasteiger partial charge in [-0.25, -0.2) is 0 Å². The van der Waals surface area contributed by atoms with E-state index in [4.69, 9.17) is 16.2 Å². The number of nitrogens with two attached hydrogens (primary N) is 2. The van der Waals surface area contributed by atoms with E-state index >= 15 is 0 Å². The van der Waals surface area contributed by atoms with Gasteiger partial charge in [0.15, 0.2) is 0 Å². The third-order valence-electron chi connectivity index (χ3n) is 2.53. The van der Waals surface area contributed by atoms with Crippen LogP contribution in [0, 0.1) is 0 Å². The molecule has 2 aromatic rings. The Morgan fingerprint density at radius 1 is 1.17 bits per heavy atom. The Bertz CT molecular complexity index is 538. The third kappa shape index (κ3) is 2.42. The smallest absolute Gasteiger partial charge is 0.223 e. The summed E-state index contributed by atoms with van der Waals surface area (Å²) in [7, 11) is 3.50. The molecule has 0 spiro atoms. The fourth-order valence-corrected chi connectivity index (χ4v) is 1.59. The Morgan fingerprint density at radius 3 is 2.61 bits per heavy atom. The van der Waals surface area contributed by atoms with Crippen LogP contribution >= 0.6 is 0 Å². The molecule has 0 fully saturated rings. The van der Waals surface area contributed by atoms with Crippen LogP contribution in [-0.2, 0) is 0 Å². The summed E-state index contributed by atoms with van der Waals surface area (Å²) in [6.45, 7) is 0. The summed E-state index contributed by atoms with van der Waals surface area (Å²) in [5, 5.41) is 0. The molecule has 0 saturated heterocycles. The van der Waals surface area contributed by atoms with Gasteiger partial charge in [0.25, 0.3) is 0 Å².